The molecule has 7 heteroatoms. The third-order valence-electron chi connectivity index (χ3n) is 6.31. The van der Waals surface area contributed by atoms with Gasteiger partial charge in [-0.2, -0.15) is 5.26 Å². The SMILES string of the molecule is Cc1nc(SCC(=O)Nc2sc3c(c2C#N)CC[C@H](C(C)(C)C)C3)nc2c1CCC2. The molecule has 1 atom stereocenters. The molecule has 1 N–H and O–H groups in total. The highest BCUT2D eigenvalue weighted by atomic mass is 32.2. The van der Waals surface area contributed by atoms with Crippen molar-refractivity contribution < 1.29 is 4.79 Å². The molecule has 30 heavy (non-hydrogen) atoms. The van der Waals surface area contributed by atoms with Crippen molar-refractivity contribution >= 4 is 34.0 Å². The molecule has 0 aliphatic heterocycles. The lowest BCUT2D eigenvalue weighted by Crippen LogP contribution is -2.26. The van der Waals surface area contributed by atoms with Crippen LogP contribution in [0.4, 0.5) is 5.00 Å². The second-order valence-corrected chi connectivity index (χ2v) is 11.4. The zero-order valence-corrected chi connectivity index (χ0v) is 19.7. The zero-order valence-electron chi connectivity index (χ0n) is 18.1. The van der Waals surface area contributed by atoms with Crippen molar-refractivity contribution in [3.8, 4) is 6.07 Å². The molecule has 2 aromatic heterocycles. The third-order valence-corrected chi connectivity index (χ3v) is 8.32. The Labute approximate surface area is 186 Å². The molecule has 0 radical (unpaired) electrons. The molecular weight excluding hydrogens is 412 g/mol. The molecule has 0 unspecified atom stereocenters. The Bertz CT molecular complexity index is 1030. The van der Waals surface area contributed by atoms with E-state index in [1.165, 1.54) is 22.2 Å². The number of thioether (sulfide) groups is 1. The van der Waals surface area contributed by atoms with E-state index in [4.69, 9.17) is 0 Å². The van der Waals surface area contributed by atoms with Gasteiger partial charge < -0.3 is 5.32 Å². The van der Waals surface area contributed by atoms with Crippen LogP contribution in [0.1, 0.15) is 66.6 Å². The number of amides is 1. The lowest BCUT2D eigenvalue weighted by molar-refractivity contribution is -0.113. The van der Waals surface area contributed by atoms with Gasteiger partial charge in [0.2, 0.25) is 5.91 Å². The second-order valence-electron chi connectivity index (χ2n) is 9.33. The normalized spacial score (nSPS) is 17.9. The van der Waals surface area contributed by atoms with E-state index in [1.807, 2.05) is 6.92 Å². The number of carbonyl (C=O) groups is 1. The Balaban J connectivity index is 1.44. The smallest absolute Gasteiger partial charge is 0.235 e. The maximum Gasteiger partial charge on any atom is 0.235 e. The molecule has 0 saturated carbocycles. The lowest BCUT2D eigenvalue weighted by Gasteiger charge is -2.33. The van der Waals surface area contributed by atoms with Crippen LogP contribution in [-0.4, -0.2) is 21.6 Å². The van der Waals surface area contributed by atoms with Gasteiger partial charge in [-0.25, -0.2) is 9.97 Å². The predicted octanol–water partition coefficient (Wildman–Crippen LogP) is 5.09. The fourth-order valence-corrected chi connectivity index (χ4v) is 6.48. The van der Waals surface area contributed by atoms with Crippen LogP contribution < -0.4 is 5.32 Å². The molecule has 4 rings (SSSR count). The molecule has 0 fully saturated rings. The van der Waals surface area contributed by atoms with E-state index >= 15 is 0 Å². The van der Waals surface area contributed by atoms with Crippen molar-refractivity contribution in [2.45, 2.75) is 71.4 Å². The number of carbonyl (C=O) groups excluding carboxylic acids is 1. The summed E-state index contributed by atoms with van der Waals surface area (Å²) in [7, 11) is 0. The molecule has 0 aromatic carbocycles. The van der Waals surface area contributed by atoms with E-state index in [0.717, 1.165) is 55.5 Å². The molecule has 0 saturated heterocycles. The Kier molecular flexibility index (Phi) is 5.91. The molecule has 2 heterocycles. The van der Waals surface area contributed by atoms with Crippen molar-refractivity contribution in [2.75, 3.05) is 11.1 Å². The summed E-state index contributed by atoms with van der Waals surface area (Å²) in [6, 6.07) is 2.34. The van der Waals surface area contributed by atoms with Crippen LogP contribution in [0.3, 0.4) is 0 Å². The Morgan fingerprint density at radius 3 is 2.80 bits per heavy atom. The maximum atomic E-state index is 12.6. The highest BCUT2D eigenvalue weighted by molar-refractivity contribution is 7.99. The first-order valence-electron chi connectivity index (χ1n) is 10.6. The highest BCUT2D eigenvalue weighted by Crippen LogP contribution is 2.44. The van der Waals surface area contributed by atoms with Gasteiger partial charge >= 0.3 is 0 Å². The molecule has 0 bridgehead atoms. The van der Waals surface area contributed by atoms with Crippen molar-refractivity contribution in [1.29, 1.82) is 5.26 Å². The van der Waals surface area contributed by atoms with E-state index in [1.54, 1.807) is 11.3 Å². The van der Waals surface area contributed by atoms with Gasteiger partial charge in [-0.1, -0.05) is 32.5 Å². The average molecular weight is 441 g/mol. The number of fused-ring (bicyclic) bond motifs is 2. The van der Waals surface area contributed by atoms with E-state index in [-0.39, 0.29) is 17.1 Å². The van der Waals surface area contributed by atoms with Gasteiger partial charge in [-0.05, 0) is 67.9 Å². The van der Waals surface area contributed by atoms with Gasteiger partial charge in [-0.3, -0.25) is 4.79 Å². The van der Waals surface area contributed by atoms with E-state index in [0.29, 0.717) is 21.6 Å². The molecular formula is C23H28N4OS2. The Morgan fingerprint density at radius 2 is 2.07 bits per heavy atom. The van der Waals surface area contributed by atoms with Gasteiger partial charge in [0.1, 0.15) is 11.1 Å². The summed E-state index contributed by atoms with van der Waals surface area (Å²) in [5, 5.41) is 14.1. The minimum absolute atomic E-state index is 0.107. The minimum Gasteiger partial charge on any atom is -0.316 e. The van der Waals surface area contributed by atoms with Crippen molar-refractivity contribution in [3.05, 3.63) is 33.0 Å². The highest BCUT2D eigenvalue weighted by Gasteiger charge is 2.32. The number of hydrogen-bond acceptors (Lipinski definition) is 6. The number of aryl methyl sites for hydroxylation is 2. The summed E-state index contributed by atoms with van der Waals surface area (Å²) in [6.07, 6.45) is 6.20. The second kappa shape index (κ2) is 8.32. The van der Waals surface area contributed by atoms with Gasteiger partial charge in [-0.15, -0.1) is 11.3 Å². The largest absolute Gasteiger partial charge is 0.316 e. The number of hydrogen-bond donors (Lipinski definition) is 1. The summed E-state index contributed by atoms with van der Waals surface area (Å²) in [6.45, 7) is 8.87. The number of rotatable bonds is 4. The van der Waals surface area contributed by atoms with Gasteiger partial charge in [0, 0.05) is 16.3 Å². The Hall–Kier alpha value is -1.91. The number of nitrogens with one attached hydrogen (secondary N) is 1. The van der Waals surface area contributed by atoms with E-state index in [9.17, 15) is 10.1 Å². The fraction of sp³-hybridized carbons (Fsp3) is 0.565. The summed E-state index contributed by atoms with van der Waals surface area (Å²) < 4.78 is 0. The van der Waals surface area contributed by atoms with Crippen LogP contribution >= 0.6 is 23.1 Å². The quantitative estimate of drug-likeness (QED) is 0.529. The summed E-state index contributed by atoms with van der Waals surface area (Å²) in [5.41, 5.74) is 5.50. The minimum atomic E-state index is -0.107. The molecule has 5 nitrogen and oxygen atoms in total. The van der Waals surface area contributed by atoms with Crippen LogP contribution in [0.5, 0.6) is 0 Å². The van der Waals surface area contributed by atoms with Gasteiger partial charge in [0.05, 0.1) is 11.3 Å². The summed E-state index contributed by atoms with van der Waals surface area (Å²) in [4.78, 5) is 23.1. The zero-order chi connectivity index (χ0) is 21.5. The summed E-state index contributed by atoms with van der Waals surface area (Å²) in [5.74, 6) is 0.745. The van der Waals surface area contributed by atoms with Crippen LogP contribution in [0.15, 0.2) is 5.16 Å². The lowest BCUT2D eigenvalue weighted by atomic mass is 9.72. The molecule has 2 aliphatic rings. The first kappa shape index (κ1) is 21.3. The molecule has 1 amide bonds. The number of nitriles is 1. The van der Waals surface area contributed by atoms with Crippen molar-refractivity contribution in [2.24, 2.45) is 11.3 Å². The Morgan fingerprint density at radius 1 is 1.27 bits per heavy atom. The van der Waals surface area contributed by atoms with Gasteiger partial charge in [0.25, 0.3) is 0 Å². The van der Waals surface area contributed by atoms with E-state index in [2.05, 4.69) is 42.1 Å². The van der Waals surface area contributed by atoms with Gasteiger partial charge in [0.15, 0.2) is 5.16 Å². The predicted molar refractivity (Wildman–Crippen MR) is 122 cm³/mol. The van der Waals surface area contributed by atoms with Crippen LogP contribution in [-0.2, 0) is 30.5 Å². The maximum absolute atomic E-state index is 12.6. The van der Waals surface area contributed by atoms with Crippen LogP contribution in [0.2, 0.25) is 0 Å². The van der Waals surface area contributed by atoms with Crippen LogP contribution in [0.25, 0.3) is 0 Å². The van der Waals surface area contributed by atoms with Crippen LogP contribution in [0, 0.1) is 29.6 Å². The third kappa shape index (κ3) is 4.26. The monoisotopic (exact) mass is 440 g/mol. The first-order valence-corrected chi connectivity index (χ1v) is 12.4. The topological polar surface area (TPSA) is 78.7 Å². The van der Waals surface area contributed by atoms with Crippen molar-refractivity contribution in [1.82, 2.24) is 9.97 Å². The number of thiophene rings is 1. The molecule has 158 valence electrons. The average Bonchev–Trinajstić information content (AvgIpc) is 3.29. The van der Waals surface area contributed by atoms with Crippen molar-refractivity contribution in [3.63, 3.8) is 0 Å². The molecule has 2 aliphatic carbocycles. The number of aromatic nitrogens is 2. The standard InChI is InChI=1S/C23H28N4OS2/c1-13-15-6-5-7-18(15)26-22(25-13)29-12-20(28)27-21-17(11-24)16-9-8-14(23(2,3)4)10-19(16)30-21/h14H,5-10,12H2,1-4H3,(H,27,28)/t14-/m0/s1. The molecule has 2 aromatic rings. The van der Waals surface area contributed by atoms with E-state index < -0.39 is 0 Å². The fourth-order valence-electron chi connectivity index (χ4n) is 4.48. The number of nitrogens with zero attached hydrogens (tertiary/aromatic N) is 3. The first-order chi connectivity index (χ1) is 14.3. The summed E-state index contributed by atoms with van der Waals surface area (Å²) >= 11 is 2.95. The number of anilines is 1. The molecule has 0 spiro atoms.